The van der Waals surface area contributed by atoms with Crippen LogP contribution >= 0.6 is 0 Å². The Morgan fingerprint density at radius 2 is 2.27 bits per heavy atom. The van der Waals surface area contributed by atoms with Gasteiger partial charge >= 0.3 is 0 Å². The summed E-state index contributed by atoms with van der Waals surface area (Å²) < 4.78 is 0. The topological polar surface area (TPSA) is 44.0 Å². The Kier molecular flexibility index (Phi) is 2.25. The van der Waals surface area contributed by atoms with Gasteiger partial charge in [-0.25, -0.2) is 0 Å². The molecule has 1 aromatic rings. The van der Waals surface area contributed by atoms with E-state index < -0.39 is 0 Å². The quantitative estimate of drug-likeness (QED) is 0.651. The molecule has 0 fully saturated rings. The molecule has 0 saturated carbocycles. The van der Waals surface area contributed by atoms with E-state index in [9.17, 15) is 0 Å². The maximum Gasteiger partial charge on any atom is 0.0995 e. The third-order valence-electron chi connectivity index (χ3n) is 1.56. The van der Waals surface area contributed by atoms with Gasteiger partial charge in [-0.3, -0.25) is 0 Å². The van der Waals surface area contributed by atoms with Crippen molar-refractivity contribution in [1.82, 2.24) is 0 Å². The van der Waals surface area contributed by atoms with Crippen molar-refractivity contribution in [2.24, 2.45) is 0 Å². The van der Waals surface area contributed by atoms with Crippen LogP contribution in [0.3, 0.4) is 0 Å². The van der Waals surface area contributed by atoms with Crippen molar-refractivity contribution in [3.8, 4) is 6.07 Å². The number of nitrogens with zero attached hydrogens (tertiary/aromatic N) is 1. The summed E-state index contributed by atoms with van der Waals surface area (Å²) in [5.41, 5.74) is 2.30. The van der Waals surface area contributed by atoms with Gasteiger partial charge in [0.2, 0.25) is 0 Å². The molecule has 0 heterocycles. The predicted octanol–water partition coefficient (Wildman–Crippen LogP) is 1.36. The van der Waals surface area contributed by atoms with Crippen LogP contribution in [-0.4, -0.2) is 5.11 Å². The summed E-state index contributed by atoms with van der Waals surface area (Å²) in [6.07, 6.45) is 0. The van der Waals surface area contributed by atoms with E-state index in [1.54, 1.807) is 12.1 Å². The molecule has 0 radical (unpaired) electrons. The van der Waals surface area contributed by atoms with Crippen LogP contribution in [-0.2, 0) is 6.61 Å². The predicted molar refractivity (Wildman–Crippen MR) is 41.8 cm³/mol. The fourth-order valence-corrected chi connectivity index (χ4v) is 0.932. The summed E-state index contributed by atoms with van der Waals surface area (Å²) in [5.74, 6) is 0. The molecule has 11 heavy (non-hydrogen) atoms. The number of aliphatic hydroxyl groups is 1. The smallest absolute Gasteiger partial charge is 0.0995 e. The Balaban J connectivity index is 3.19. The molecule has 0 aliphatic heterocycles. The minimum atomic E-state index is -0.0663. The lowest BCUT2D eigenvalue weighted by atomic mass is 10.1. The van der Waals surface area contributed by atoms with Crippen molar-refractivity contribution >= 4 is 0 Å². The Bertz CT molecular complexity index is 299. The van der Waals surface area contributed by atoms with E-state index in [-0.39, 0.29) is 6.61 Å². The largest absolute Gasteiger partial charge is 0.392 e. The molecule has 1 N–H and O–H groups in total. The van der Waals surface area contributed by atoms with E-state index in [2.05, 4.69) is 0 Å². The first-order valence-corrected chi connectivity index (χ1v) is 3.38. The molecule has 0 saturated heterocycles. The maximum absolute atomic E-state index is 8.79. The third-order valence-corrected chi connectivity index (χ3v) is 1.56. The lowest BCUT2D eigenvalue weighted by Gasteiger charge is -1.99. The highest BCUT2D eigenvalue weighted by atomic mass is 16.3. The van der Waals surface area contributed by atoms with E-state index in [0.717, 1.165) is 5.56 Å². The molecule has 56 valence electrons. The summed E-state index contributed by atoms with van der Waals surface area (Å²) in [5, 5.41) is 17.4. The molecular formula is C9H9NO. The normalized spacial score (nSPS) is 9.18. The van der Waals surface area contributed by atoms with E-state index in [1.807, 2.05) is 19.1 Å². The Labute approximate surface area is 65.7 Å². The van der Waals surface area contributed by atoms with Crippen molar-refractivity contribution in [3.63, 3.8) is 0 Å². The second kappa shape index (κ2) is 3.18. The fourth-order valence-electron chi connectivity index (χ4n) is 0.932. The highest BCUT2D eigenvalue weighted by Gasteiger charge is 1.98. The van der Waals surface area contributed by atoms with Crippen LogP contribution in [0.5, 0.6) is 0 Å². The van der Waals surface area contributed by atoms with E-state index in [1.165, 1.54) is 0 Å². The fraction of sp³-hybridized carbons (Fsp3) is 0.222. The van der Waals surface area contributed by atoms with Crippen LogP contribution in [0.4, 0.5) is 0 Å². The van der Waals surface area contributed by atoms with Gasteiger partial charge in [0.15, 0.2) is 0 Å². The monoisotopic (exact) mass is 147 g/mol. The van der Waals surface area contributed by atoms with Crippen molar-refractivity contribution in [3.05, 3.63) is 34.9 Å². The minimum Gasteiger partial charge on any atom is -0.392 e. The number of nitriles is 1. The van der Waals surface area contributed by atoms with Crippen molar-refractivity contribution in [2.45, 2.75) is 13.5 Å². The van der Waals surface area contributed by atoms with E-state index in [4.69, 9.17) is 10.4 Å². The van der Waals surface area contributed by atoms with Gasteiger partial charge in [0.25, 0.3) is 0 Å². The Hall–Kier alpha value is -1.33. The molecule has 2 nitrogen and oxygen atoms in total. The Morgan fingerprint density at radius 3 is 2.82 bits per heavy atom. The number of benzene rings is 1. The summed E-state index contributed by atoms with van der Waals surface area (Å²) in [4.78, 5) is 0. The first-order chi connectivity index (χ1) is 5.27. The van der Waals surface area contributed by atoms with Gasteiger partial charge in [-0.05, 0) is 24.1 Å². The van der Waals surface area contributed by atoms with Gasteiger partial charge in [-0.2, -0.15) is 5.26 Å². The molecule has 1 rings (SSSR count). The molecule has 0 spiro atoms. The average molecular weight is 147 g/mol. The number of rotatable bonds is 1. The molecular weight excluding hydrogens is 138 g/mol. The first-order valence-electron chi connectivity index (χ1n) is 3.38. The zero-order valence-corrected chi connectivity index (χ0v) is 6.33. The van der Waals surface area contributed by atoms with Crippen molar-refractivity contribution in [2.75, 3.05) is 0 Å². The van der Waals surface area contributed by atoms with Crippen LogP contribution in [0.15, 0.2) is 18.2 Å². The highest BCUT2D eigenvalue weighted by Crippen LogP contribution is 2.09. The second-order valence-corrected chi connectivity index (χ2v) is 2.43. The Morgan fingerprint density at radius 1 is 1.55 bits per heavy atom. The zero-order valence-electron chi connectivity index (χ0n) is 6.33. The molecule has 0 bridgehead atoms. The molecule has 0 atom stereocenters. The van der Waals surface area contributed by atoms with Crippen LogP contribution in [0.1, 0.15) is 16.7 Å². The lowest BCUT2D eigenvalue weighted by Crippen LogP contribution is -1.89. The lowest BCUT2D eigenvalue weighted by molar-refractivity contribution is 0.281. The molecule has 0 aliphatic rings. The van der Waals surface area contributed by atoms with E-state index in [0.29, 0.717) is 11.1 Å². The third kappa shape index (κ3) is 1.57. The van der Waals surface area contributed by atoms with Crippen LogP contribution in [0.2, 0.25) is 0 Å². The summed E-state index contributed by atoms with van der Waals surface area (Å²) >= 11 is 0. The molecule has 2 heteroatoms. The summed E-state index contributed by atoms with van der Waals surface area (Å²) in [7, 11) is 0. The van der Waals surface area contributed by atoms with Crippen molar-refractivity contribution in [1.29, 1.82) is 5.26 Å². The number of hydrogen-bond donors (Lipinski definition) is 1. The van der Waals surface area contributed by atoms with Gasteiger partial charge in [0, 0.05) is 0 Å². The molecule has 1 aromatic carbocycles. The number of aryl methyl sites for hydroxylation is 1. The molecule has 0 unspecified atom stereocenters. The SMILES string of the molecule is Cc1ccc(CO)c(C#N)c1. The van der Waals surface area contributed by atoms with E-state index >= 15 is 0 Å². The van der Waals surface area contributed by atoms with Gasteiger partial charge in [-0.15, -0.1) is 0 Å². The highest BCUT2D eigenvalue weighted by molar-refractivity contribution is 5.39. The molecule has 0 aliphatic carbocycles. The van der Waals surface area contributed by atoms with Gasteiger partial charge < -0.3 is 5.11 Å². The van der Waals surface area contributed by atoms with Gasteiger partial charge in [0.1, 0.15) is 0 Å². The minimum absolute atomic E-state index is 0.0663. The maximum atomic E-state index is 8.79. The van der Waals surface area contributed by atoms with Crippen LogP contribution in [0, 0.1) is 18.3 Å². The number of hydrogen-bond acceptors (Lipinski definition) is 2. The van der Waals surface area contributed by atoms with Crippen LogP contribution < -0.4 is 0 Å². The van der Waals surface area contributed by atoms with Gasteiger partial charge in [0.05, 0.1) is 18.2 Å². The zero-order chi connectivity index (χ0) is 8.27. The molecule has 0 aromatic heterocycles. The summed E-state index contributed by atoms with van der Waals surface area (Å²) in [6.45, 7) is 1.85. The summed E-state index contributed by atoms with van der Waals surface area (Å²) in [6, 6.07) is 7.45. The van der Waals surface area contributed by atoms with Crippen LogP contribution in [0.25, 0.3) is 0 Å². The standard InChI is InChI=1S/C9H9NO/c1-7-2-3-8(6-11)9(4-7)5-10/h2-4,11H,6H2,1H3. The number of aliphatic hydroxyl groups excluding tert-OH is 1. The first kappa shape index (κ1) is 7.77. The van der Waals surface area contributed by atoms with Crippen molar-refractivity contribution < 1.29 is 5.11 Å². The average Bonchev–Trinajstić information content (AvgIpc) is 2.04. The second-order valence-electron chi connectivity index (χ2n) is 2.43. The van der Waals surface area contributed by atoms with Gasteiger partial charge in [-0.1, -0.05) is 12.1 Å². The molecule has 0 amide bonds.